The molecule has 28 heavy (non-hydrogen) atoms. The lowest BCUT2D eigenvalue weighted by molar-refractivity contribution is -0.384. The van der Waals surface area contributed by atoms with Crippen LogP contribution in [-0.2, 0) is 9.59 Å². The summed E-state index contributed by atoms with van der Waals surface area (Å²) in [4.78, 5) is 48.4. The number of nitrogens with one attached hydrogen (secondary N) is 3. The van der Waals surface area contributed by atoms with Crippen LogP contribution < -0.4 is 16.2 Å². The first-order chi connectivity index (χ1) is 13.4. The zero-order valence-electron chi connectivity index (χ0n) is 15.4. The van der Waals surface area contributed by atoms with Gasteiger partial charge < -0.3 is 10.2 Å². The Balaban J connectivity index is 1.56. The molecular weight excluding hydrogens is 366 g/mol. The summed E-state index contributed by atoms with van der Waals surface area (Å²) >= 11 is 0. The second kappa shape index (κ2) is 8.68. The van der Waals surface area contributed by atoms with Crippen LogP contribution in [-0.4, -0.2) is 46.7 Å². The number of carbonyl (C=O) groups is 3. The summed E-state index contributed by atoms with van der Waals surface area (Å²) in [6.45, 7) is 0.380. The molecule has 3 amide bonds. The SMILES string of the molecule is O=C(CN1CCCCCC1=O)NNC(=O)c1ccc(NC2CC2)c([N+](=O)[O-])c1. The molecule has 3 rings (SSSR count). The molecule has 10 heteroatoms. The number of carbonyl (C=O) groups excluding carboxylic acids is 3. The summed E-state index contributed by atoms with van der Waals surface area (Å²) in [5, 5.41) is 14.3. The number of likely N-dealkylation sites (tertiary alicyclic amines) is 1. The Morgan fingerprint density at radius 2 is 1.96 bits per heavy atom. The van der Waals surface area contributed by atoms with Crippen LogP contribution in [0.2, 0.25) is 0 Å². The van der Waals surface area contributed by atoms with E-state index in [-0.39, 0.29) is 29.7 Å². The largest absolute Gasteiger partial charge is 0.377 e. The lowest BCUT2D eigenvalue weighted by Gasteiger charge is -2.19. The van der Waals surface area contributed by atoms with E-state index in [0.29, 0.717) is 18.7 Å². The first-order valence-electron chi connectivity index (χ1n) is 9.36. The molecule has 3 N–H and O–H groups in total. The number of anilines is 1. The van der Waals surface area contributed by atoms with Crippen LogP contribution in [0.4, 0.5) is 11.4 Å². The van der Waals surface area contributed by atoms with E-state index in [4.69, 9.17) is 0 Å². The van der Waals surface area contributed by atoms with Gasteiger partial charge in [0.1, 0.15) is 12.2 Å². The molecular formula is C18H23N5O5. The maximum Gasteiger partial charge on any atom is 0.293 e. The fourth-order valence-electron chi connectivity index (χ4n) is 3.01. The third-order valence-electron chi connectivity index (χ3n) is 4.71. The van der Waals surface area contributed by atoms with Crippen molar-refractivity contribution in [3.63, 3.8) is 0 Å². The fourth-order valence-corrected chi connectivity index (χ4v) is 3.01. The Morgan fingerprint density at radius 1 is 1.18 bits per heavy atom. The van der Waals surface area contributed by atoms with Crippen LogP contribution in [0.15, 0.2) is 18.2 Å². The Morgan fingerprint density at radius 3 is 2.68 bits per heavy atom. The number of hydrazine groups is 1. The van der Waals surface area contributed by atoms with Crippen LogP contribution in [0.25, 0.3) is 0 Å². The normalized spacial score (nSPS) is 16.9. The summed E-state index contributed by atoms with van der Waals surface area (Å²) < 4.78 is 0. The molecule has 1 aromatic rings. The van der Waals surface area contributed by atoms with Gasteiger partial charge in [-0.15, -0.1) is 0 Å². The molecule has 0 bridgehead atoms. The van der Waals surface area contributed by atoms with E-state index in [1.165, 1.54) is 23.1 Å². The molecule has 10 nitrogen and oxygen atoms in total. The summed E-state index contributed by atoms with van der Waals surface area (Å²) in [6.07, 6.45) is 4.96. The van der Waals surface area contributed by atoms with E-state index in [1.807, 2.05) is 0 Å². The summed E-state index contributed by atoms with van der Waals surface area (Å²) in [5.74, 6) is -1.27. The van der Waals surface area contributed by atoms with Gasteiger partial charge in [0, 0.05) is 30.6 Å². The molecule has 0 spiro atoms. The van der Waals surface area contributed by atoms with Gasteiger partial charge in [0.05, 0.1) is 4.92 Å². The van der Waals surface area contributed by atoms with Crippen LogP contribution in [0.1, 0.15) is 48.9 Å². The number of amides is 3. The van der Waals surface area contributed by atoms with Gasteiger partial charge in [0.25, 0.3) is 17.5 Å². The fraction of sp³-hybridized carbons (Fsp3) is 0.500. The van der Waals surface area contributed by atoms with Gasteiger partial charge in [0.2, 0.25) is 5.91 Å². The summed E-state index contributed by atoms with van der Waals surface area (Å²) in [6, 6.07) is 4.35. The zero-order valence-corrected chi connectivity index (χ0v) is 15.4. The maximum atomic E-state index is 12.2. The van der Waals surface area contributed by atoms with E-state index in [0.717, 1.165) is 32.1 Å². The third-order valence-corrected chi connectivity index (χ3v) is 4.71. The molecule has 2 aliphatic rings. The first kappa shape index (κ1) is 19.6. The van der Waals surface area contributed by atoms with Crippen molar-refractivity contribution in [3.05, 3.63) is 33.9 Å². The van der Waals surface area contributed by atoms with Crippen LogP contribution >= 0.6 is 0 Å². The topological polar surface area (TPSA) is 134 Å². The zero-order chi connectivity index (χ0) is 20.1. The molecule has 2 fully saturated rings. The number of hydrogen-bond donors (Lipinski definition) is 3. The highest BCUT2D eigenvalue weighted by atomic mass is 16.6. The van der Waals surface area contributed by atoms with Crippen molar-refractivity contribution in [1.29, 1.82) is 0 Å². The highest BCUT2D eigenvalue weighted by Gasteiger charge is 2.26. The van der Waals surface area contributed by atoms with E-state index in [1.54, 1.807) is 0 Å². The standard InChI is InChI=1S/C18H23N5O5/c24-16(11-22-9-3-1-2-4-17(22)25)20-21-18(26)12-5-8-14(19-13-6-7-13)15(10-12)23(27)28/h5,8,10,13,19H,1-4,6-7,9,11H2,(H,20,24)(H,21,26). The Hall–Kier alpha value is -3.17. The molecule has 150 valence electrons. The van der Waals surface area contributed by atoms with E-state index < -0.39 is 16.7 Å². The monoisotopic (exact) mass is 389 g/mol. The minimum absolute atomic E-state index is 0.0548. The van der Waals surface area contributed by atoms with Crippen LogP contribution in [0.5, 0.6) is 0 Å². The van der Waals surface area contributed by atoms with Crippen molar-refractivity contribution < 1.29 is 19.3 Å². The Labute approximate surface area is 161 Å². The van der Waals surface area contributed by atoms with E-state index in [9.17, 15) is 24.5 Å². The number of nitrogens with zero attached hydrogens (tertiary/aromatic N) is 2. The number of rotatable bonds is 6. The predicted octanol–water partition coefficient (Wildman–Crippen LogP) is 1.33. The Kier molecular flexibility index (Phi) is 6.07. The van der Waals surface area contributed by atoms with Gasteiger partial charge in [-0.3, -0.25) is 35.3 Å². The molecule has 1 aromatic carbocycles. The molecule has 1 aliphatic carbocycles. The number of nitro benzene ring substituents is 1. The van der Waals surface area contributed by atoms with Gasteiger partial charge in [0.15, 0.2) is 0 Å². The number of benzene rings is 1. The summed E-state index contributed by atoms with van der Waals surface area (Å²) in [5.41, 5.74) is 4.72. The molecule has 0 atom stereocenters. The highest BCUT2D eigenvalue weighted by Crippen LogP contribution is 2.31. The van der Waals surface area contributed by atoms with Crippen molar-refractivity contribution in [2.24, 2.45) is 0 Å². The number of nitro groups is 1. The first-order valence-corrected chi connectivity index (χ1v) is 9.36. The maximum absolute atomic E-state index is 12.2. The Bertz CT molecular complexity index is 793. The average Bonchev–Trinajstić information content (AvgIpc) is 3.50. The van der Waals surface area contributed by atoms with Gasteiger partial charge in [-0.2, -0.15) is 0 Å². The lowest BCUT2D eigenvalue weighted by Crippen LogP contribution is -2.47. The van der Waals surface area contributed by atoms with E-state index >= 15 is 0 Å². The second-order valence-electron chi connectivity index (χ2n) is 7.04. The van der Waals surface area contributed by atoms with Crippen LogP contribution in [0.3, 0.4) is 0 Å². The quantitative estimate of drug-likeness (QED) is 0.496. The van der Waals surface area contributed by atoms with Crippen LogP contribution in [0, 0.1) is 10.1 Å². The van der Waals surface area contributed by atoms with Crippen molar-refractivity contribution in [2.75, 3.05) is 18.4 Å². The number of hydrogen-bond acceptors (Lipinski definition) is 6. The molecule has 0 unspecified atom stereocenters. The molecule has 0 aromatic heterocycles. The molecule has 1 saturated heterocycles. The summed E-state index contributed by atoms with van der Waals surface area (Å²) in [7, 11) is 0. The predicted molar refractivity (Wildman–Crippen MR) is 100 cm³/mol. The van der Waals surface area contributed by atoms with Gasteiger partial charge in [-0.05, 0) is 37.8 Å². The molecule has 1 heterocycles. The minimum atomic E-state index is -0.670. The second-order valence-corrected chi connectivity index (χ2v) is 7.04. The smallest absolute Gasteiger partial charge is 0.293 e. The van der Waals surface area contributed by atoms with Gasteiger partial charge >= 0.3 is 0 Å². The van der Waals surface area contributed by atoms with Crippen molar-refractivity contribution >= 4 is 29.1 Å². The van der Waals surface area contributed by atoms with E-state index in [2.05, 4.69) is 16.2 Å². The van der Waals surface area contributed by atoms with Crippen molar-refractivity contribution in [3.8, 4) is 0 Å². The van der Waals surface area contributed by atoms with Gasteiger partial charge in [-0.25, -0.2) is 0 Å². The molecule has 0 radical (unpaired) electrons. The molecule has 1 aliphatic heterocycles. The lowest BCUT2D eigenvalue weighted by atomic mass is 10.1. The minimum Gasteiger partial charge on any atom is -0.377 e. The van der Waals surface area contributed by atoms with Crippen molar-refractivity contribution in [2.45, 2.75) is 44.6 Å². The molecule has 1 saturated carbocycles. The third kappa shape index (κ3) is 5.18. The highest BCUT2D eigenvalue weighted by molar-refractivity contribution is 5.97. The van der Waals surface area contributed by atoms with Crippen molar-refractivity contribution in [1.82, 2.24) is 15.8 Å². The van der Waals surface area contributed by atoms with Gasteiger partial charge in [-0.1, -0.05) is 6.42 Å². The average molecular weight is 389 g/mol.